The van der Waals surface area contributed by atoms with Crippen LogP contribution < -0.4 is 0 Å². The van der Waals surface area contributed by atoms with Crippen LogP contribution in [0.5, 0.6) is 0 Å². The van der Waals surface area contributed by atoms with Crippen LogP contribution in [0.3, 0.4) is 0 Å². The normalized spacial score (nSPS) is 29.1. The van der Waals surface area contributed by atoms with E-state index in [0.717, 1.165) is 31.6 Å². The Balaban J connectivity index is 1.76. The van der Waals surface area contributed by atoms with Crippen LogP contribution in [-0.2, 0) is 8.85 Å². The smallest absolute Gasteiger partial charge is 0.192 e. The fourth-order valence-corrected chi connectivity index (χ4v) is 10.5. The van der Waals surface area contributed by atoms with Crippen LogP contribution in [0.1, 0.15) is 152 Å². The highest BCUT2D eigenvalue weighted by atomic mass is 28.4. The highest BCUT2D eigenvalue weighted by Gasteiger charge is 2.46. The van der Waals surface area contributed by atoms with Crippen molar-refractivity contribution in [1.82, 2.24) is 0 Å². The van der Waals surface area contributed by atoms with E-state index in [2.05, 4.69) is 79.9 Å². The quantitative estimate of drug-likeness (QED) is 0.158. The number of fused-ring (bicyclic) bond motifs is 1. The van der Waals surface area contributed by atoms with Crippen LogP contribution >= 0.6 is 0 Å². The summed E-state index contributed by atoms with van der Waals surface area (Å²) in [6.45, 7) is 32.2. The summed E-state index contributed by atoms with van der Waals surface area (Å²) in [5, 5.41) is 10.4. The lowest BCUT2D eigenvalue weighted by atomic mass is 9.63. The zero-order valence-electron chi connectivity index (χ0n) is 32.0. The molecule has 3 rings (SSSR count). The molecule has 3 fully saturated rings. The third kappa shape index (κ3) is 10.5. The largest absolute Gasteiger partial charge is 0.413 e. The van der Waals surface area contributed by atoms with Gasteiger partial charge < -0.3 is 14.0 Å². The summed E-state index contributed by atoms with van der Waals surface area (Å²) in [6.07, 6.45) is 24.0. The highest BCUT2D eigenvalue weighted by Crippen LogP contribution is 2.57. The summed E-state index contributed by atoms with van der Waals surface area (Å²) in [7, 11) is -3.87. The minimum absolute atomic E-state index is 0.0411. The minimum atomic E-state index is -1.96. The second-order valence-electron chi connectivity index (χ2n) is 19.0. The average Bonchev–Trinajstić information content (AvgIpc) is 3.31. The average molecular weight is 659 g/mol. The van der Waals surface area contributed by atoms with E-state index in [4.69, 9.17) is 15.4 Å². The molecular formula is C40H74O3Si2. The van der Waals surface area contributed by atoms with Crippen LogP contribution in [0.15, 0.2) is 35.5 Å². The van der Waals surface area contributed by atoms with Crippen LogP contribution in [-0.4, -0.2) is 39.6 Å². The van der Waals surface area contributed by atoms with Gasteiger partial charge in [0.15, 0.2) is 16.6 Å². The molecule has 0 aromatic carbocycles. The molecule has 3 aliphatic rings. The Morgan fingerprint density at radius 1 is 0.822 bits per heavy atom. The third-order valence-corrected chi connectivity index (χ3v) is 21.7. The van der Waals surface area contributed by atoms with Gasteiger partial charge in [-0.05, 0) is 124 Å². The fourth-order valence-electron chi connectivity index (χ4n) is 7.79. The van der Waals surface area contributed by atoms with Gasteiger partial charge in [-0.25, -0.2) is 0 Å². The van der Waals surface area contributed by atoms with Crippen molar-refractivity contribution in [3.63, 3.8) is 0 Å². The first-order valence-corrected chi connectivity index (χ1v) is 24.6. The monoisotopic (exact) mass is 659 g/mol. The Hall–Kier alpha value is -0.466. The van der Waals surface area contributed by atoms with Crippen LogP contribution in [0.4, 0.5) is 0 Å². The lowest BCUT2D eigenvalue weighted by molar-refractivity contribution is 0.0679. The molecule has 0 amide bonds. The van der Waals surface area contributed by atoms with Crippen LogP contribution in [0, 0.1) is 11.3 Å². The number of aliphatic hydroxyl groups is 1. The Morgan fingerprint density at radius 2 is 1.40 bits per heavy atom. The predicted octanol–water partition coefficient (Wildman–Crippen LogP) is 12.4. The van der Waals surface area contributed by atoms with Crippen molar-refractivity contribution in [2.75, 3.05) is 0 Å². The summed E-state index contributed by atoms with van der Waals surface area (Å²) < 4.78 is 14.2. The maximum absolute atomic E-state index is 10.0. The maximum atomic E-state index is 10.0. The second-order valence-corrected chi connectivity index (χ2v) is 28.5. The van der Waals surface area contributed by atoms with Crippen molar-refractivity contribution >= 4 is 16.6 Å². The maximum Gasteiger partial charge on any atom is 0.192 e. The molecule has 0 aliphatic heterocycles. The van der Waals surface area contributed by atoms with Gasteiger partial charge in [0.1, 0.15) is 0 Å². The van der Waals surface area contributed by atoms with E-state index < -0.39 is 22.2 Å². The molecule has 5 heteroatoms. The van der Waals surface area contributed by atoms with Crippen LogP contribution in [0.25, 0.3) is 0 Å². The van der Waals surface area contributed by atoms with Crippen LogP contribution in [0.2, 0.25) is 36.3 Å². The van der Waals surface area contributed by atoms with Gasteiger partial charge in [0, 0.05) is 6.42 Å². The van der Waals surface area contributed by atoms with E-state index in [1.165, 1.54) is 81.8 Å². The zero-order chi connectivity index (χ0) is 33.9. The first-order chi connectivity index (χ1) is 20.6. The topological polar surface area (TPSA) is 38.7 Å². The first-order valence-electron chi connectivity index (χ1n) is 18.7. The lowest BCUT2D eigenvalue weighted by Crippen LogP contribution is -2.49. The van der Waals surface area contributed by atoms with E-state index in [9.17, 15) is 5.11 Å². The zero-order valence-corrected chi connectivity index (χ0v) is 34.0. The second kappa shape index (κ2) is 15.0. The molecule has 3 nitrogen and oxygen atoms in total. The molecule has 4 atom stereocenters. The Bertz CT molecular complexity index is 1050. The summed E-state index contributed by atoms with van der Waals surface area (Å²) >= 11 is 0. The molecule has 3 saturated carbocycles. The number of unbranched alkanes of at least 4 members (excludes halogenated alkanes) is 4. The molecule has 0 radical (unpaired) electrons. The number of hydrogen-bond donors (Lipinski definition) is 1. The molecule has 45 heavy (non-hydrogen) atoms. The van der Waals surface area contributed by atoms with Crippen molar-refractivity contribution in [3.05, 3.63) is 35.5 Å². The molecule has 3 aliphatic carbocycles. The standard InChI is InChI=1S/C40H74O3Si2/c1-31-33(29-34(42-44(10,11)37(2,3)4)30-36(31)43-45(12,13)38(5,6)7)24-23-32-21-19-27-40(28-20-22-35(32)40)26-18-16-14-15-17-25-39(8,9)41/h23-24,34-36,41H,1,14-22,25-30H2,2-13H3/b32-23+,33-24-/t34-,35+,36+,40-/m1/s1. The first kappa shape index (κ1) is 39.0. The Labute approximate surface area is 282 Å². The summed E-state index contributed by atoms with van der Waals surface area (Å²) in [6, 6.07) is 0. The van der Waals surface area contributed by atoms with E-state index in [-0.39, 0.29) is 22.3 Å². The van der Waals surface area contributed by atoms with Crippen molar-refractivity contribution in [2.24, 2.45) is 11.3 Å². The van der Waals surface area contributed by atoms with Gasteiger partial charge >= 0.3 is 0 Å². The molecule has 0 bridgehead atoms. The molecule has 0 unspecified atom stereocenters. The SMILES string of the molecule is C=C1/C(=C\C=C2/CCC[C@]3(CCCCCCCC(C)(C)O)CCC[C@@H]23)C[C@@H](O[Si](C)(C)C(C)(C)C)C[C@@H]1O[Si](C)(C)C(C)(C)C. The Morgan fingerprint density at radius 3 is 2.02 bits per heavy atom. The van der Waals surface area contributed by atoms with E-state index >= 15 is 0 Å². The molecule has 0 aromatic rings. The molecule has 1 N–H and O–H groups in total. The van der Waals surface area contributed by atoms with Crippen molar-refractivity contribution < 1.29 is 14.0 Å². The third-order valence-electron chi connectivity index (χ3n) is 12.7. The van der Waals surface area contributed by atoms with Gasteiger partial charge in [0.25, 0.3) is 0 Å². The minimum Gasteiger partial charge on any atom is -0.413 e. The Kier molecular flexibility index (Phi) is 13.0. The fraction of sp³-hybridized carbons (Fsp3) is 0.850. The molecular weight excluding hydrogens is 585 g/mol. The molecule has 0 heterocycles. The van der Waals surface area contributed by atoms with Crippen molar-refractivity contribution in [3.8, 4) is 0 Å². The summed E-state index contributed by atoms with van der Waals surface area (Å²) in [5.74, 6) is 0.758. The van der Waals surface area contributed by atoms with Gasteiger partial charge in [-0.15, -0.1) is 0 Å². The van der Waals surface area contributed by atoms with Gasteiger partial charge in [-0.1, -0.05) is 104 Å². The molecule has 0 saturated heterocycles. The van der Waals surface area contributed by atoms with E-state index in [0.29, 0.717) is 5.41 Å². The molecule has 0 spiro atoms. The summed E-state index contributed by atoms with van der Waals surface area (Å²) in [5.41, 5.74) is 4.28. The van der Waals surface area contributed by atoms with Gasteiger partial charge in [-0.3, -0.25) is 0 Å². The van der Waals surface area contributed by atoms with Crippen molar-refractivity contribution in [1.29, 1.82) is 0 Å². The predicted molar refractivity (Wildman–Crippen MR) is 201 cm³/mol. The highest BCUT2D eigenvalue weighted by molar-refractivity contribution is 6.74. The van der Waals surface area contributed by atoms with Gasteiger partial charge in [0.2, 0.25) is 0 Å². The van der Waals surface area contributed by atoms with Crippen molar-refractivity contribution in [2.45, 2.75) is 206 Å². The van der Waals surface area contributed by atoms with Gasteiger partial charge in [0.05, 0.1) is 17.8 Å². The number of rotatable bonds is 13. The van der Waals surface area contributed by atoms with Gasteiger partial charge in [-0.2, -0.15) is 0 Å². The summed E-state index contributed by atoms with van der Waals surface area (Å²) in [4.78, 5) is 0. The lowest BCUT2D eigenvalue weighted by Gasteiger charge is -2.45. The number of hydrogen-bond acceptors (Lipinski definition) is 3. The van der Waals surface area contributed by atoms with E-state index in [1.807, 2.05) is 13.8 Å². The molecule has 260 valence electrons. The van der Waals surface area contributed by atoms with E-state index in [1.54, 1.807) is 5.57 Å². The molecule has 0 aromatic heterocycles. The number of allylic oxidation sites excluding steroid dienone is 3.